The second-order valence-electron chi connectivity index (χ2n) is 8.69. The second-order valence-corrected chi connectivity index (χ2v) is 8.69. The zero-order valence-corrected chi connectivity index (χ0v) is 21.0. The summed E-state index contributed by atoms with van der Waals surface area (Å²) in [5, 5.41) is 0. The van der Waals surface area contributed by atoms with Crippen molar-refractivity contribution >= 4 is 29.5 Å². The molecule has 3 aromatic rings. The molecule has 0 saturated carbocycles. The van der Waals surface area contributed by atoms with Crippen LogP contribution in [0.25, 0.3) is 6.08 Å². The minimum atomic E-state index is -0.820. The molecule has 2 atom stereocenters. The van der Waals surface area contributed by atoms with Gasteiger partial charge in [0.1, 0.15) is 18.3 Å². The number of nitrogens with two attached hydrogens (primary N) is 1. The fourth-order valence-electron chi connectivity index (χ4n) is 4.47. The van der Waals surface area contributed by atoms with Crippen molar-refractivity contribution in [3.05, 3.63) is 95.4 Å². The Morgan fingerprint density at radius 2 is 1.92 bits per heavy atom. The maximum Gasteiger partial charge on any atom is 0.336 e. The van der Waals surface area contributed by atoms with E-state index < -0.39 is 23.8 Å². The van der Waals surface area contributed by atoms with Gasteiger partial charge in [-0.3, -0.25) is 9.79 Å². The molecule has 0 aliphatic carbocycles. The zero-order chi connectivity index (χ0) is 26.4. The molecule has 2 aromatic heterocycles. The minimum absolute atomic E-state index is 0.0488. The average Bonchev–Trinajstić information content (AvgIpc) is 3.40. The number of aromatic nitrogens is 3. The fourth-order valence-corrected chi connectivity index (χ4v) is 4.47. The van der Waals surface area contributed by atoms with Gasteiger partial charge in [-0.1, -0.05) is 36.4 Å². The molecule has 0 saturated heterocycles. The summed E-state index contributed by atoms with van der Waals surface area (Å²) >= 11 is 0. The Bertz CT molecular complexity index is 1360. The Labute approximate surface area is 215 Å². The van der Waals surface area contributed by atoms with Gasteiger partial charge in [-0.15, -0.1) is 0 Å². The number of rotatable bonds is 8. The summed E-state index contributed by atoms with van der Waals surface area (Å²) in [6.07, 6.45) is 10.6. The first-order valence-electron chi connectivity index (χ1n) is 11.8. The van der Waals surface area contributed by atoms with E-state index in [9.17, 15) is 9.59 Å². The molecule has 2 unspecified atom stereocenters. The SMILES string of the molecule is COC(=O)C1C(C)=NC(C)=C(C(=O)OCC=Cc2ccc(Cn3ccnc3)cc2)C1c1cccnc1N. The molecular formula is C28H29N5O4. The Balaban J connectivity index is 1.48. The van der Waals surface area contributed by atoms with Crippen LogP contribution in [0, 0.1) is 5.92 Å². The molecular weight excluding hydrogens is 470 g/mol. The van der Waals surface area contributed by atoms with Crippen LogP contribution in [-0.4, -0.2) is 45.9 Å². The van der Waals surface area contributed by atoms with Gasteiger partial charge in [0.25, 0.3) is 0 Å². The molecule has 1 aliphatic rings. The number of imidazole rings is 1. The van der Waals surface area contributed by atoms with Crippen molar-refractivity contribution in [1.82, 2.24) is 14.5 Å². The van der Waals surface area contributed by atoms with Crippen molar-refractivity contribution in [2.75, 3.05) is 19.5 Å². The topological polar surface area (TPSA) is 122 Å². The molecule has 3 heterocycles. The lowest BCUT2D eigenvalue weighted by Gasteiger charge is -2.31. The Morgan fingerprint density at radius 1 is 1.14 bits per heavy atom. The van der Waals surface area contributed by atoms with Gasteiger partial charge in [-0.25, -0.2) is 14.8 Å². The Hall–Kier alpha value is -4.53. The quantitative estimate of drug-likeness (QED) is 0.468. The highest BCUT2D eigenvalue weighted by Crippen LogP contribution is 2.41. The largest absolute Gasteiger partial charge is 0.468 e. The van der Waals surface area contributed by atoms with E-state index in [4.69, 9.17) is 15.2 Å². The van der Waals surface area contributed by atoms with E-state index >= 15 is 0 Å². The van der Waals surface area contributed by atoms with Gasteiger partial charge in [-0.2, -0.15) is 0 Å². The van der Waals surface area contributed by atoms with Crippen LogP contribution in [0.3, 0.4) is 0 Å². The van der Waals surface area contributed by atoms with Crippen LogP contribution in [0.5, 0.6) is 0 Å². The van der Waals surface area contributed by atoms with Crippen LogP contribution in [0.4, 0.5) is 5.82 Å². The maximum absolute atomic E-state index is 13.3. The maximum atomic E-state index is 13.3. The zero-order valence-electron chi connectivity index (χ0n) is 21.0. The number of carbonyl (C=O) groups is 2. The standard InChI is InChI=1S/C28H29N5O4/c1-18-23(27(34)36-3)25(22-7-4-12-31-26(22)29)24(19(2)32-18)28(35)37-15-5-6-20-8-10-21(11-9-20)16-33-14-13-30-17-33/h4-14,17,23,25H,15-16H2,1-3H3,(H2,29,31). The van der Waals surface area contributed by atoms with Crippen molar-refractivity contribution in [2.24, 2.45) is 10.9 Å². The van der Waals surface area contributed by atoms with Crippen molar-refractivity contribution in [2.45, 2.75) is 26.3 Å². The summed E-state index contributed by atoms with van der Waals surface area (Å²) in [7, 11) is 1.30. The fraction of sp³-hybridized carbons (Fsp3) is 0.250. The molecule has 1 aromatic carbocycles. The lowest BCUT2D eigenvalue weighted by Crippen LogP contribution is -2.36. The van der Waals surface area contributed by atoms with Crippen molar-refractivity contribution in [3.8, 4) is 0 Å². The first kappa shape index (κ1) is 25.6. The lowest BCUT2D eigenvalue weighted by molar-refractivity contribution is -0.143. The molecule has 2 N–H and O–H groups in total. The molecule has 190 valence electrons. The van der Waals surface area contributed by atoms with E-state index in [1.165, 1.54) is 7.11 Å². The van der Waals surface area contributed by atoms with Gasteiger partial charge in [0.15, 0.2) is 0 Å². The Kier molecular flexibility index (Phi) is 7.92. The summed E-state index contributed by atoms with van der Waals surface area (Å²) < 4.78 is 12.6. The monoisotopic (exact) mass is 499 g/mol. The predicted molar refractivity (Wildman–Crippen MR) is 140 cm³/mol. The highest BCUT2D eigenvalue weighted by molar-refractivity contribution is 6.07. The van der Waals surface area contributed by atoms with E-state index in [1.54, 1.807) is 50.8 Å². The number of hydrogen-bond acceptors (Lipinski definition) is 8. The van der Waals surface area contributed by atoms with Gasteiger partial charge < -0.3 is 19.8 Å². The summed E-state index contributed by atoms with van der Waals surface area (Å²) in [5.74, 6) is -2.40. The smallest absolute Gasteiger partial charge is 0.336 e. The normalized spacial score (nSPS) is 17.5. The van der Waals surface area contributed by atoms with E-state index in [0.717, 1.165) is 17.7 Å². The number of esters is 2. The number of allylic oxidation sites excluding steroid dienone is 1. The van der Waals surface area contributed by atoms with Gasteiger partial charge in [0, 0.05) is 48.0 Å². The number of methoxy groups -OCH3 is 1. The van der Waals surface area contributed by atoms with Gasteiger partial charge in [-0.05, 0) is 37.1 Å². The van der Waals surface area contributed by atoms with Crippen LogP contribution in [0.1, 0.15) is 36.5 Å². The number of anilines is 1. The highest BCUT2D eigenvalue weighted by atomic mass is 16.5. The van der Waals surface area contributed by atoms with Gasteiger partial charge >= 0.3 is 11.9 Å². The van der Waals surface area contributed by atoms with Gasteiger partial charge in [0.05, 0.1) is 19.0 Å². The summed E-state index contributed by atoms with van der Waals surface area (Å²) in [6, 6.07) is 11.5. The first-order valence-corrected chi connectivity index (χ1v) is 11.8. The molecule has 1 aliphatic heterocycles. The molecule has 0 radical (unpaired) electrons. The van der Waals surface area contributed by atoms with Crippen LogP contribution in [-0.2, 0) is 25.6 Å². The van der Waals surface area contributed by atoms with E-state index in [1.807, 2.05) is 41.1 Å². The molecule has 37 heavy (non-hydrogen) atoms. The van der Waals surface area contributed by atoms with Gasteiger partial charge in [0.2, 0.25) is 0 Å². The average molecular weight is 500 g/mol. The Morgan fingerprint density at radius 3 is 2.59 bits per heavy atom. The molecule has 0 bridgehead atoms. The summed E-state index contributed by atoms with van der Waals surface area (Å²) in [6.45, 7) is 4.24. The minimum Gasteiger partial charge on any atom is -0.468 e. The number of pyridine rings is 1. The van der Waals surface area contributed by atoms with Crippen LogP contribution in [0.15, 0.2) is 83.7 Å². The number of carbonyl (C=O) groups excluding carboxylic acids is 2. The number of aliphatic imine (C=N–C) groups is 1. The van der Waals surface area contributed by atoms with Crippen LogP contribution in [0.2, 0.25) is 0 Å². The van der Waals surface area contributed by atoms with E-state index in [0.29, 0.717) is 17.0 Å². The van der Waals surface area contributed by atoms with E-state index in [2.05, 4.69) is 15.0 Å². The number of nitrogen functional groups attached to an aromatic ring is 1. The van der Waals surface area contributed by atoms with Crippen molar-refractivity contribution < 1.29 is 19.1 Å². The summed E-state index contributed by atoms with van der Waals surface area (Å²) in [4.78, 5) is 38.7. The molecule has 0 spiro atoms. The highest BCUT2D eigenvalue weighted by Gasteiger charge is 2.43. The molecule has 9 heteroatoms. The lowest BCUT2D eigenvalue weighted by atomic mass is 9.75. The number of nitrogens with zero attached hydrogens (tertiary/aromatic N) is 4. The third-order valence-electron chi connectivity index (χ3n) is 6.23. The molecule has 9 nitrogen and oxygen atoms in total. The van der Waals surface area contributed by atoms with Crippen molar-refractivity contribution in [3.63, 3.8) is 0 Å². The second kappa shape index (κ2) is 11.5. The third-order valence-corrected chi connectivity index (χ3v) is 6.23. The molecule has 4 rings (SSSR count). The predicted octanol–water partition coefficient (Wildman–Crippen LogP) is 3.79. The summed E-state index contributed by atoms with van der Waals surface area (Å²) in [5.41, 5.74) is 10.1. The molecule has 0 amide bonds. The van der Waals surface area contributed by atoms with Crippen molar-refractivity contribution in [1.29, 1.82) is 0 Å². The third kappa shape index (κ3) is 5.83. The van der Waals surface area contributed by atoms with Crippen LogP contribution >= 0.6 is 0 Å². The number of benzene rings is 1. The van der Waals surface area contributed by atoms with E-state index in [-0.39, 0.29) is 18.0 Å². The first-order chi connectivity index (χ1) is 17.9. The molecule has 0 fully saturated rings. The van der Waals surface area contributed by atoms with Crippen LogP contribution < -0.4 is 5.73 Å². The number of hydrogen-bond donors (Lipinski definition) is 1. The number of ether oxygens (including phenoxy) is 2.